The lowest BCUT2D eigenvalue weighted by atomic mass is 10.0. The molecule has 0 aromatic heterocycles. The molecule has 0 spiro atoms. The smallest absolute Gasteiger partial charge is 0.307 e. The van der Waals surface area contributed by atoms with Crippen LogP contribution in [0.25, 0.3) is 0 Å². The summed E-state index contributed by atoms with van der Waals surface area (Å²) in [4.78, 5) is 36.7. The van der Waals surface area contributed by atoms with Crippen molar-refractivity contribution in [3.63, 3.8) is 0 Å². The summed E-state index contributed by atoms with van der Waals surface area (Å²) < 4.78 is 0. The Morgan fingerprint density at radius 1 is 1.05 bits per heavy atom. The number of carboxylic acid groups (broad SMARTS) is 1. The summed E-state index contributed by atoms with van der Waals surface area (Å²) in [5.41, 5.74) is 2.63. The van der Waals surface area contributed by atoms with E-state index >= 15 is 0 Å². The SMILES string of the molecule is Cc1cc(N2C(=O)c3ccccc3C2=O)ccc1CC(=O)O. The Morgan fingerprint density at radius 3 is 2.14 bits per heavy atom. The van der Waals surface area contributed by atoms with Gasteiger partial charge in [-0.1, -0.05) is 18.2 Å². The van der Waals surface area contributed by atoms with Crippen LogP contribution in [0.15, 0.2) is 42.5 Å². The second-order valence-corrected chi connectivity index (χ2v) is 5.17. The van der Waals surface area contributed by atoms with Crippen LogP contribution in [-0.2, 0) is 11.2 Å². The van der Waals surface area contributed by atoms with Crippen molar-refractivity contribution in [2.45, 2.75) is 13.3 Å². The summed E-state index contributed by atoms with van der Waals surface area (Å²) >= 11 is 0. The van der Waals surface area contributed by atoms with Gasteiger partial charge in [0.2, 0.25) is 0 Å². The predicted molar refractivity (Wildman–Crippen MR) is 80.1 cm³/mol. The number of aryl methyl sites for hydroxylation is 1. The quantitative estimate of drug-likeness (QED) is 0.882. The standard InChI is InChI=1S/C17H13NO4/c1-10-8-12(7-6-11(10)9-15(19)20)18-16(21)13-4-2-3-5-14(13)17(18)22/h2-8H,9H2,1H3,(H,19,20). The van der Waals surface area contributed by atoms with Gasteiger partial charge in [-0.2, -0.15) is 0 Å². The minimum atomic E-state index is -0.920. The molecule has 1 heterocycles. The molecule has 2 amide bonds. The molecule has 22 heavy (non-hydrogen) atoms. The Hall–Kier alpha value is -2.95. The summed E-state index contributed by atoms with van der Waals surface area (Å²) in [5, 5.41) is 8.86. The Labute approximate surface area is 126 Å². The molecule has 5 heteroatoms. The number of aliphatic carboxylic acids is 1. The van der Waals surface area contributed by atoms with E-state index in [9.17, 15) is 14.4 Å². The van der Waals surface area contributed by atoms with E-state index in [0.29, 0.717) is 22.4 Å². The maximum absolute atomic E-state index is 12.4. The molecule has 0 atom stereocenters. The number of hydrogen-bond acceptors (Lipinski definition) is 3. The average molecular weight is 295 g/mol. The maximum Gasteiger partial charge on any atom is 0.307 e. The van der Waals surface area contributed by atoms with Crippen LogP contribution < -0.4 is 4.90 Å². The van der Waals surface area contributed by atoms with Crippen molar-refractivity contribution in [1.82, 2.24) is 0 Å². The number of fused-ring (bicyclic) bond motifs is 1. The molecule has 0 aliphatic carbocycles. The van der Waals surface area contributed by atoms with Gasteiger partial charge in [0.15, 0.2) is 0 Å². The van der Waals surface area contributed by atoms with Crippen LogP contribution in [0.1, 0.15) is 31.8 Å². The summed E-state index contributed by atoms with van der Waals surface area (Å²) in [6, 6.07) is 11.6. The van der Waals surface area contributed by atoms with Crippen LogP contribution in [0.5, 0.6) is 0 Å². The van der Waals surface area contributed by atoms with Gasteiger partial charge < -0.3 is 5.11 Å². The van der Waals surface area contributed by atoms with Crippen LogP contribution in [-0.4, -0.2) is 22.9 Å². The summed E-state index contributed by atoms with van der Waals surface area (Å²) in [6.45, 7) is 1.76. The molecule has 1 aliphatic rings. The molecule has 2 aromatic carbocycles. The molecular formula is C17H13NO4. The number of imide groups is 1. The van der Waals surface area contributed by atoms with Gasteiger partial charge in [0, 0.05) is 0 Å². The van der Waals surface area contributed by atoms with Gasteiger partial charge in [-0.3, -0.25) is 14.4 Å². The lowest BCUT2D eigenvalue weighted by molar-refractivity contribution is -0.136. The minimum absolute atomic E-state index is 0.0891. The molecule has 0 saturated carbocycles. The van der Waals surface area contributed by atoms with E-state index in [1.54, 1.807) is 49.4 Å². The summed E-state index contributed by atoms with van der Waals surface area (Å²) in [5.74, 6) is -1.63. The van der Waals surface area contributed by atoms with Crippen LogP contribution in [0, 0.1) is 6.92 Å². The number of nitrogens with zero attached hydrogens (tertiary/aromatic N) is 1. The number of carboxylic acids is 1. The van der Waals surface area contributed by atoms with Crippen LogP contribution in [0.3, 0.4) is 0 Å². The molecule has 1 N–H and O–H groups in total. The average Bonchev–Trinajstić information content (AvgIpc) is 2.73. The second-order valence-electron chi connectivity index (χ2n) is 5.17. The first-order chi connectivity index (χ1) is 10.5. The van der Waals surface area contributed by atoms with Crippen LogP contribution >= 0.6 is 0 Å². The lowest BCUT2D eigenvalue weighted by Crippen LogP contribution is -2.29. The van der Waals surface area contributed by atoms with Crippen molar-refractivity contribution in [2.75, 3.05) is 4.90 Å². The fraction of sp³-hybridized carbons (Fsp3) is 0.118. The fourth-order valence-corrected chi connectivity index (χ4v) is 2.60. The van der Waals surface area contributed by atoms with Gasteiger partial charge in [-0.25, -0.2) is 4.90 Å². The van der Waals surface area contributed by atoms with Crippen molar-refractivity contribution < 1.29 is 19.5 Å². The van der Waals surface area contributed by atoms with Gasteiger partial charge in [0.1, 0.15) is 0 Å². The third kappa shape index (κ3) is 2.16. The Morgan fingerprint density at radius 2 is 1.64 bits per heavy atom. The fourth-order valence-electron chi connectivity index (χ4n) is 2.60. The minimum Gasteiger partial charge on any atom is -0.481 e. The Kier molecular flexibility index (Phi) is 3.25. The van der Waals surface area contributed by atoms with Gasteiger partial charge in [-0.15, -0.1) is 0 Å². The van der Waals surface area contributed by atoms with Gasteiger partial charge in [0.25, 0.3) is 11.8 Å². The monoisotopic (exact) mass is 295 g/mol. The zero-order valence-electron chi connectivity index (χ0n) is 11.9. The molecule has 0 radical (unpaired) electrons. The first-order valence-electron chi connectivity index (χ1n) is 6.78. The van der Waals surface area contributed by atoms with Gasteiger partial charge >= 0.3 is 5.97 Å². The lowest BCUT2D eigenvalue weighted by Gasteiger charge is -2.15. The van der Waals surface area contributed by atoms with E-state index in [1.165, 1.54) is 0 Å². The van der Waals surface area contributed by atoms with E-state index in [2.05, 4.69) is 0 Å². The molecule has 110 valence electrons. The molecule has 3 rings (SSSR count). The van der Waals surface area contributed by atoms with Crippen LogP contribution in [0.2, 0.25) is 0 Å². The molecule has 5 nitrogen and oxygen atoms in total. The third-order valence-corrected chi connectivity index (χ3v) is 3.72. The Balaban J connectivity index is 2.00. The van der Waals surface area contributed by atoms with Gasteiger partial charge in [0.05, 0.1) is 23.2 Å². The normalized spacial score (nSPS) is 13.4. The highest BCUT2D eigenvalue weighted by Gasteiger charge is 2.36. The first-order valence-corrected chi connectivity index (χ1v) is 6.78. The molecule has 1 aliphatic heterocycles. The predicted octanol–water partition coefficient (Wildman–Crippen LogP) is 2.42. The van der Waals surface area contributed by atoms with E-state index < -0.39 is 5.97 Å². The number of carbonyl (C=O) groups excluding carboxylic acids is 2. The molecule has 0 bridgehead atoms. The zero-order chi connectivity index (χ0) is 15.9. The highest BCUT2D eigenvalue weighted by atomic mass is 16.4. The highest BCUT2D eigenvalue weighted by molar-refractivity contribution is 6.34. The number of benzene rings is 2. The van der Waals surface area contributed by atoms with E-state index in [-0.39, 0.29) is 18.2 Å². The largest absolute Gasteiger partial charge is 0.481 e. The zero-order valence-corrected chi connectivity index (χ0v) is 11.9. The van der Waals surface area contributed by atoms with Gasteiger partial charge in [-0.05, 0) is 42.3 Å². The van der Waals surface area contributed by atoms with Crippen molar-refractivity contribution in [2.24, 2.45) is 0 Å². The number of rotatable bonds is 3. The molecule has 0 fully saturated rings. The highest BCUT2D eigenvalue weighted by Crippen LogP contribution is 2.29. The van der Waals surface area contributed by atoms with Crippen molar-refractivity contribution in [3.05, 3.63) is 64.7 Å². The van der Waals surface area contributed by atoms with E-state index in [0.717, 1.165) is 10.5 Å². The van der Waals surface area contributed by atoms with E-state index in [4.69, 9.17) is 5.11 Å². The molecule has 0 unspecified atom stereocenters. The number of amides is 2. The van der Waals surface area contributed by atoms with Crippen molar-refractivity contribution in [1.29, 1.82) is 0 Å². The van der Waals surface area contributed by atoms with Crippen molar-refractivity contribution >= 4 is 23.5 Å². The first kappa shape index (κ1) is 14.0. The molecular weight excluding hydrogens is 282 g/mol. The number of hydrogen-bond donors (Lipinski definition) is 1. The summed E-state index contributed by atoms with van der Waals surface area (Å²) in [7, 11) is 0. The summed E-state index contributed by atoms with van der Waals surface area (Å²) in [6.07, 6.45) is -0.0891. The third-order valence-electron chi connectivity index (χ3n) is 3.72. The van der Waals surface area contributed by atoms with Crippen molar-refractivity contribution in [3.8, 4) is 0 Å². The number of anilines is 1. The van der Waals surface area contributed by atoms with E-state index in [1.807, 2.05) is 0 Å². The molecule has 0 saturated heterocycles. The Bertz CT molecular complexity index is 775. The topological polar surface area (TPSA) is 74.7 Å². The second kappa shape index (κ2) is 5.11. The van der Waals surface area contributed by atoms with Crippen LogP contribution in [0.4, 0.5) is 5.69 Å². The maximum atomic E-state index is 12.4. The number of carbonyl (C=O) groups is 3. The molecule has 2 aromatic rings.